The number of nitriles is 1. The third kappa shape index (κ3) is 4.34. The zero-order valence-corrected chi connectivity index (χ0v) is 16.0. The Hall–Kier alpha value is -2.13. The molecule has 6 heteroatoms. The monoisotopic (exact) mass is 370 g/mol. The van der Waals surface area contributed by atoms with Crippen LogP contribution in [-0.2, 0) is 0 Å². The van der Waals surface area contributed by atoms with E-state index < -0.39 is 0 Å². The minimum absolute atomic E-state index is 0.299. The van der Waals surface area contributed by atoms with Gasteiger partial charge in [0.25, 0.3) is 0 Å². The smallest absolute Gasteiger partial charge is 0.190 e. The fourth-order valence-electron chi connectivity index (χ4n) is 2.99. The maximum Gasteiger partial charge on any atom is 0.190 e. The molecule has 1 aliphatic rings. The summed E-state index contributed by atoms with van der Waals surface area (Å²) in [5.41, 5.74) is 1.82. The van der Waals surface area contributed by atoms with Gasteiger partial charge in [-0.3, -0.25) is 0 Å². The van der Waals surface area contributed by atoms with Crippen molar-refractivity contribution < 1.29 is 4.39 Å². The summed E-state index contributed by atoms with van der Waals surface area (Å²) in [5.74, 6) is 1.85. The molecule has 1 aromatic carbocycles. The van der Waals surface area contributed by atoms with Crippen LogP contribution in [-0.4, -0.2) is 28.8 Å². The average Bonchev–Trinajstić information content (AvgIpc) is 2.67. The summed E-state index contributed by atoms with van der Waals surface area (Å²) in [6.45, 7) is 6.12. The first kappa shape index (κ1) is 18.7. The summed E-state index contributed by atoms with van der Waals surface area (Å²) in [4.78, 5) is 11.6. The van der Waals surface area contributed by atoms with Gasteiger partial charge in [0.05, 0.1) is 5.69 Å². The van der Waals surface area contributed by atoms with Gasteiger partial charge < -0.3 is 4.90 Å². The van der Waals surface area contributed by atoms with Crippen molar-refractivity contribution in [3.8, 4) is 17.3 Å². The summed E-state index contributed by atoms with van der Waals surface area (Å²) in [7, 11) is 0. The standard InChI is InChI=1S/C20H23FN4S/c1-14(2)13-26-20-23-18(15-6-8-16(21)9-7-15)17(12-22)19(24-20)25-10-4-3-5-11-25/h6-9,14H,3-5,10-11,13H2,1-2H3. The summed E-state index contributed by atoms with van der Waals surface area (Å²) < 4.78 is 13.3. The molecule has 136 valence electrons. The van der Waals surface area contributed by atoms with Crippen LogP contribution in [0.15, 0.2) is 29.4 Å². The van der Waals surface area contributed by atoms with E-state index in [1.54, 1.807) is 23.9 Å². The molecule has 2 heterocycles. The Labute approximate surface area is 158 Å². The maximum absolute atomic E-state index is 13.3. The second-order valence-electron chi connectivity index (χ2n) is 6.92. The molecule has 1 saturated heterocycles. The summed E-state index contributed by atoms with van der Waals surface area (Å²) in [5, 5.41) is 10.5. The van der Waals surface area contributed by atoms with Crippen molar-refractivity contribution in [2.24, 2.45) is 5.92 Å². The fraction of sp³-hybridized carbons (Fsp3) is 0.450. The van der Waals surface area contributed by atoms with Crippen molar-refractivity contribution in [1.29, 1.82) is 5.26 Å². The molecule has 0 N–H and O–H groups in total. The molecule has 0 radical (unpaired) electrons. The molecule has 0 atom stereocenters. The van der Waals surface area contributed by atoms with Crippen LogP contribution in [0.3, 0.4) is 0 Å². The Kier molecular flexibility index (Phi) is 6.10. The first-order valence-electron chi connectivity index (χ1n) is 9.04. The molecule has 2 aromatic rings. The summed E-state index contributed by atoms with van der Waals surface area (Å²) in [6.07, 6.45) is 3.42. The number of benzene rings is 1. The minimum Gasteiger partial charge on any atom is -0.355 e. The van der Waals surface area contributed by atoms with Gasteiger partial charge in [0.15, 0.2) is 11.0 Å². The van der Waals surface area contributed by atoms with Crippen LogP contribution in [0.1, 0.15) is 38.7 Å². The van der Waals surface area contributed by atoms with Gasteiger partial charge in [-0.05, 0) is 49.4 Å². The van der Waals surface area contributed by atoms with Crippen molar-refractivity contribution in [2.75, 3.05) is 23.7 Å². The normalized spacial score (nSPS) is 14.5. The van der Waals surface area contributed by atoms with E-state index in [0.29, 0.717) is 28.1 Å². The highest BCUT2D eigenvalue weighted by molar-refractivity contribution is 7.99. The Morgan fingerprint density at radius 2 is 1.85 bits per heavy atom. The number of hydrogen-bond acceptors (Lipinski definition) is 5. The lowest BCUT2D eigenvalue weighted by molar-refractivity contribution is 0.570. The van der Waals surface area contributed by atoms with Gasteiger partial charge in [-0.15, -0.1) is 0 Å². The predicted molar refractivity (Wildman–Crippen MR) is 104 cm³/mol. The van der Waals surface area contributed by atoms with Crippen molar-refractivity contribution in [3.05, 3.63) is 35.6 Å². The van der Waals surface area contributed by atoms with Gasteiger partial charge >= 0.3 is 0 Å². The molecule has 1 aliphatic heterocycles. The van der Waals surface area contributed by atoms with Crippen LogP contribution in [0.25, 0.3) is 11.3 Å². The third-order valence-corrected chi connectivity index (χ3v) is 5.57. The number of rotatable bonds is 5. The van der Waals surface area contributed by atoms with Gasteiger partial charge in [0.2, 0.25) is 0 Å². The predicted octanol–water partition coefficient (Wildman–Crippen LogP) is 4.89. The number of halogens is 1. The Morgan fingerprint density at radius 3 is 2.46 bits per heavy atom. The second kappa shape index (κ2) is 8.50. The molecule has 0 saturated carbocycles. The Balaban J connectivity index is 2.09. The Bertz CT molecular complexity index is 793. The molecule has 0 bridgehead atoms. The van der Waals surface area contributed by atoms with E-state index in [1.165, 1.54) is 18.6 Å². The number of thioether (sulfide) groups is 1. The minimum atomic E-state index is -0.299. The van der Waals surface area contributed by atoms with E-state index in [-0.39, 0.29) is 5.82 Å². The van der Waals surface area contributed by atoms with Gasteiger partial charge in [0.1, 0.15) is 17.4 Å². The summed E-state index contributed by atoms with van der Waals surface area (Å²) in [6, 6.07) is 8.45. The van der Waals surface area contributed by atoms with Crippen molar-refractivity contribution in [1.82, 2.24) is 9.97 Å². The molecule has 4 nitrogen and oxygen atoms in total. The van der Waals surface area contributed by atoms with Crippen LogP contribution >= 0.6 is 11.8 Å². The lowest BCUT2D eigenvalue weighted by atomic mass is 10.1. The molecule has 1 aromatic heterocycles. The highest BCUT2D eigenvalue weighted by Gasteiger charge is 2.22. The fourth-order valence-corrected chi connectivity index (χ4v) is 3.78. The third-order valence-electron chi connectivity index (χ3n) is 4.30. The SMILES string of the molecule is CC(C)CSc1nc(-c2ccc(F)cc2)c(C#N)c(N2CCCCC2)n1. The van der Waals surface area contributed by atoms with Crippen molar-refractivity contribution in [2.45, 2.75) is 38.3 Å². The van der Waals surface area contributed by atoms with Crippen LogP contribution in [0.4, 0.5) is 10.2 Å². The van der Waals surface area contributed by atoms with Crippen molar-refractivity contribution in [3.63, 3.8) is 0 Å². The number of nitrogens with zero attached hydrogens (tertiary/aromatic N) is 4. The Morgan fingerprint density at radius 1 is 1.15 bits per heavy atom. The highest BCUT2D eigenvalue weighted by Crippen LogP contribution is 2.32. The number of anilines is 1. The van der Waals surface area contributed by atoms with Gasteiger partial charge in [0, 0.05) is 24.4 Å². The van der Waals surface area contributed by atoms with E-state index in [9.17, 15) is 9.65 Å². The molecule has 0 amide bonds. The zero-order chi connectivity index (χ0) is 18.5. The van der Waals surface area contributed by atoms with E-state index in [1.807, 2.05) is 0 Å². The number of aromatic nitrogens is 2. The first-order valence-corrected chi connectivity index (χ1v) is 10.0. The number of piperidine rings is 1. The van der Waals surface area contributed by atoms with E-state index in [0.717, 1.165) is 37.2 Å². The van der Waals surface area contributed by atoms with Crippen LogP contribution in [0.2, 0.25) is 0 Å². The summed E-state index contributed by atoms with van der Waals surface area (Å²) >= 11 is 1.61. The van der Waals surface area contributed by atoms with Gasteiger partial charge in [-0.2, -0.15) is 5.26 Å². The zero-order valence-electron chi connectivity index (χ0n) is 15.2. The van der Waals surface area contributed by atoms with E-state index in [2.05, 4.69) is 29.8 Å². The molecule has 0 aliphatic carbocycles. The lowest BCUT2D eigenvalue weighted by Gasteiger charge is -2.29. The quantitative estimate of drug-likeness (QED) is 0.554. The second-order valence-corrected chi connectivity index (χ2v) is 7.91. The molecular weight excluding hydrogens is 347 g/mol. The van der Waals surface area contributed by atoms with Gasteiger partial charge in [-0.25, -0.2) is 14.4 Å². The largest absolute Gasteiger partial charge is 0.355 e. The highest BCUT2D eigenvalue weighted by atomic mass is 32.2. The van der Waals surface area contributed by atoms with Crippen molar-refractivity contribution >= 4 is 17.6 Å². The number of hydrogen-bond donors (Lipinski definition) is 0. The van der Waals surface area contributed by atoms with Crippen LogP contribution in [0.5, 0.6) is 0 Å². The van der Waals surface area contributed by atoms with Gasteiger partial charge in [-0.1, -0.05) is 25.6 Å². The van der Waals surface area contributed by atoms with Crippen LogP contribution < -0.4 is 4.90 Å². The molecule has 0 spiro atoms. The molecule has 26 heavy (non-hydrogen) atoms. The molecular formula is C20H23FN4S. The first-order chi connectivity index (χ1) is 12.6. The van der Waals surface area contributed by atoms with E-state index >= 15 is 0 Å². The average molecular weight is 370 g/mol. The topological polar surface area (TPSA) is 52.8 Å². The molecule has 1 fully saturated rings. The molecule has 3 rings (SSSR count). The van der Waals surface area contributed by atoms with E-state index in [4.69, 9.17) is 4.98 Å². The molecule has 0 unspecified atom stereocenters. The lowest BCUT2D eigenvalue weighted by Crippen LogP contribution is -2.31. The maximum atomic E-state index is 13.3. The van der Waals surface area contributed by atoms with Crippen LogP contribution in [0, 0.1) is 23.1 Å².